The zero-order valence-corrected chi connectivity index (χ0v) is 19.4. The number of amides is 3. The van der Waals surface area contributed by atoms with Crippen LogP contribution in [0.15, 0.2) is 30.3 Å². The molecule has 0 aliphatic carbocycles. The first-order chi connectivity index (χ1) is 15.2. The molecule has 0 radical (unpaired) electrons. The van der Waals surface area contributed by atoms with Gasteiger partial charge in [-0.2, -0.15) is 0 Å². The van der Waals surface area contributed by atoms with Crippen molar-refractivity contribution in [2.45, 2.75) is 51.6 Å². The van der Waals surface area contributed by atoms with Crippen LogP contribution in [0.1, 0.15) is 38.7 Å². The van der Waals surface area contributed by atoms with Crippen LogP contribution in [0, 0.1) is 5.41 Å². The van der Waals surface area contributed by atoms with Gasteiger partial charge in [0, 0.05) is 32.2 Å². The molecule has 2 fully saturated rings. The van der Waals surface area contributed by atoms with Crippen LogP contribution in [0.2, 0.25) is 0 Å². The van der Waals surface area contributed by atoms with E-state index in [1.807, 2.05) is 61.0 Å². The molecule has 2 aliphatic heterocycles. The molecule has 0 unspecified atom stereocenters. The van der Waals surface area contributed by atoms with Crippen LogP contribution in [0.25, 0.3) is 0 Å². The molecular formula is C24H36N4O4. The highest BCUT2D eigenvalue weighted by molar-refractivity contribution is 5.86. The average Bonchev–Trinajstić information content (AvgIpc) is 2.76. The zero-order valence-electron chi connectivity index (χ0n) is 19.4. The Morgan fingerprint density at radius 1 is 1.12 bits per heavy atom. The lowest BCUT2D eigenvalue weighted by atomic mass is 9.78. The largest absolute Gasteiger partial charge is 0.465 e. The Bertz CT molecular complexity index is 805. The van der Waals surface area contributed by atoms with Gasteiger partial charge in [0.1, 0.15) is 6.04 Å². The number of carbonyl (C=O) groups excluding carboxylic acids is 2. The fourth-order valence-corrected chi connectivity index (χ4v) is 4.74. The number of benzene rings is 1. The predicted octanol–water partition coefficient (Wildman–Crippen LogP) is 2.05. The summed E-state index contributed by atoms with van der Waals surface area (Å²) < 4.78 is 0. The van der Waals surface area contributed by atoms with Crippen molar-refractivity contribution in [2.24, 2.45) is 5.41 Å². The van der Waals surface area contributed by atoms with Crippen LogP contribution in [0.3, 0.4) is 0 Å². The van der Waals surface area contributed by atoms with Crippen molar-refractivity contribution < 1.29 is 19.5 Å². The number of carbonyl (C=O) groups is 3. The van der Waals surface area contributed by atoms with Gasteiger partial charge in [0.2, 0.25) is 11.8 Å². The minimum atomic E-state index is -1.19. The van der Waals surface area contributed by atoms with Crippen LogP contribution in [-0.4, -0.2) is 89.6 Å². The van der Waals surface area contributed by atoms with Crippen molar-refractivity contribution in [1.82, 2.24) is 20.0 Å². The topological polar surface area (TPSA) is 93.2 Å². The van der Waals surface area contributed by atoms with Gasteiger partial charge < -0.3 is 20.2 Å². The summed E-state index contributed by atoms with van der Waals surface area (Å²) in [5, 5.41) is 11.9. The molecule has 2 heterocycles. The third-order valence-electron chi connectivity index (χ3n) is 6.86. The van der Waals surface area contributed by atoms with Crippen molar-refractivity contribution in [3.05, 3.63) is 35.9 Å². The Morgan fingerprint density at radius 2 is 1.78 bits per heavy atom. The molecule has 0 bridgehead atoms. The number of piperidine rings is 1. The summed E-state index contributed by atoms with van der Waals surface area (Å²) in [6.45, 7) is 7.01. The molecule has 2 aliphatic rings. The standard InChI is InChI=1S/C24H36N4O4/c1-24(2,12-9-18-7-5-4-6-8-18)21(25-23(31)32)22(30)27-13-10-19(11-14-27)28-16-15-26(3)17-20(28)29/h4-8,19,21,25H,9-17H2,1-3H3,(H,31,32)/t21-/m0/s1. The van der Waals surface area contributed by atoms with Gasteiger partial charge in [0.05, 0.1) is 6.54 Å². The van der Waals surface area contributed by atoms with Gasteiger partial charge in [0.15, 0.2) is 0 Å². The minimum absolute atomic E-state index is 0.149. The number of aryl methyl sites for hydroxylation is 1. The highest BCUT2D eigenvalue weighted by atomic mass is 16.4. The zero-order chi connectivity index (χ0) is 23.3. The van der Waals surface area contributed by atoms with Gasteiger partial charge in [0.25, 0.3) is 0 Å². The number of hydrogen-bond donors (Lipinski definition) is 2. The monoisotopic (exact) mass is 444 g/mol. The number of hydrogen-bond acceptors (Lipinski definition) is 4. The summed E-state index contributed by atoms with van der Waals surface area (Å²) >= 11 is 0. The van der Waals surface area contributed by atoms with Crippen LogP contribution in [0.4, 0.5) is 4.79 Å². The molecule has 0 aromatic heterocycles. The molecule has 2 N–H and O–H groups in total. The van der Waals surface area contributed by atoms with E-state index in [4.69, 9.17) is 0 Å². The van der Waals surface area contributed by atoms with E-state index in [0.717, 1.165) is 32.4 Å². The second-order valence-corrected chi connectivity index (χ2v) is 9.74. The molecule has 3 amide bonds. The smallest absolute Gasteiger partial charge is 0.405 e. The lowest BCUT2D eigenvalue weighted by Gasteiger charge is -2.43. The van der Waals surface area contributed by atoms with Crippen LogP contribution >= 0.6 is 0 Å². The molecule has 1 atom stereocenters. The summed E-state index contributed by atoms with van der Waals surface area (Å²) in [7, 11) is 1.95. The second-order valence-electron chi connectivity index (χ2n) is 9.74. The molecule has 0 saturated carbocycles. The van der Waals surface area contributed by atoms with E-state index in [-0.39, 0.29) is 17.9 Å². The SMILES string of the molecule is CN1CCN(C2CCN(C(=O)[C@H](NC(=O)O)C(C)(C)CCc3ccccc3)CC2)C(=O)C1. The Kier molecular flexibility index (Phi) is 7.77. The summed E-state index contributed by atoms with van der Waals surface area (Å²) in [4.78, 5) is 43.0. The number of nitrogens with one attached hydrogen (secondary N) is 1. The van der Waals surface area contributed by atoms with Crippen molar-refractivity contribution in [1.29, 1.82) is 0 Å². The predicted molar refractivity (Wildman–Crippen MR) is 122 cm³/mol. The normalized spacial score (nSPS) is 19.7. The molecule has 0 spiro atoms. The molecule has 8 nitrogen and oxygen atoms in total. The highest BCUT2D eigenvalue weighted by Gasteiger charge is 2.40. The van der Waals surface area contributed by atoms with E-state index in [9.17, 15) is 19.5 Å². The Morgan fingerprint density at radius 3 is 2.38 bits per heavy atom. The van der Waals surface area contributed by atoms with Gasteiger partial charge in [-0.05, 0) is 43.7 Å². The van der Waals surface area contributed by atoms with Crippen LogP contribution in [0.5, 0.6) is 0 Å². The van der Waals surface area contributed by atoms with Crippen molar-refractivity contribution >= 4 is 17.9 Å². The molecule has 1 aromatic rings. The van der Waals surface area contributed by atoms with E-state index >= 15 is 0 Å². The van der Waals surface area contributed by atoms with E-state index < -0.39 is 17.6 Å². The Hall–Kier alpha value is -2.61. The maximum atomic E-state index is 13.4. The van der Waals surface area contributed by atoms with Crippen LogP contribution < -0.4 is 5.32 Å². The summed E-state index contributed by atoms with van der Waals surface area (Å²) in [6.07, 6.45) is 1.72. The molecular weight excluding hydrogens is 408 g/mol. The summed E-state index contributed by atoms with van der Waals surface area (Å²) in [5.41, 5.74) is 0.620. The highest BCUT2D eigenvalue weighted by Crippen LogP contribution is 2.30. The molecule has 32 heavy (non-hydrogen) atoms. The number of likely N-dealkylation sites (tertiary alicyclic amines) is 1. The summed E-state index contributed by atoms with van der Waals surface area (Å²) in [6, 6.07) is 9.35. The third kappa shape index (κ3) is 6.00. The Labute approximate surface area is 190 Å². The molecule has 1 aromatic carbocycles. The first kappa shape index (κ1) is 24.0. The lowest BCUT2D eigenvalue weighted by molar-refractivity contribution is -0.142. The van der Waals surface area contributed by atoms with Gasteiger partial charge in [-0.25, -0.2) is 4.79 Å². The molecule has 176 valence electrons. The molecule has 2 saturated heterocycles. The maximum absolute atomic E-state index is 13.4. The first-order valence-corrected chi connectivity index (χ1v) is 11.5. The van der Waals surface area contributed by atoms with E-state index in [2.05, 4.69) is 5.32 Å². The average molecular weight is 445 g/mol. The number of carboxylic acid groups (broad SMARTS) is 1. The number of piperazine rings is 1. The van der Waals surface area contributed by atoms with E-state index in [1.165, 1.54) is 5.56 Å². The van der Waals surface area contributed by atoms with Gasteiger partial charge in [-0.3, -0.25) is 14.5 Å². The lowest BCUT2D eigenvalue weighted by Crippen LogP contribution is -2.59. The van der Waals surface area contributed by atoms with Crippen molar-refractivity contribution in [3.63, 3.8) is 0 Å². The fraction of sp³-hybridized carbons (Fsp3) is 0.625. The second kappa shape index (κ2) is 10.3. The molecule has 3 rings (SSSR count). The van der Waals surface area contributed by atoms with E-state index in [1.54, 1.807) is 4.90 Å². The minimum Gasteiger partial charge on any atom is -0.465 e. The van der Waals surface area contributed by atoms with E-state index in [0.29, 0.717) is 26.1 Å². The quantitative estimate of drug-likeness (QED) is 0.671. The van der Waals surface area contributed by atoms with Gasteiger partial charge in [-0.1, -0.05) is 44.2 Å². The maximum Gasteiger partial charge on any atom is 0.405 e. The number of nitrogens with zero attached hydrogens (tertiary/aromatic N) is 3. The molecule has 8 heteroatoms. The third-order valence-corrected chi connectivity index (χ3v) is 6.86. The summed E-state index contributed by atoms with van der Waals surface area (Å²) in [5.74, 6) is -0.0235. The number of rotatable bonds is 7. The van der Waals surface area contributed by atoms with Crippen molar-refractivity contribution in [2.75, 3.05) is 39.8 Å². The number of likely N-dealkylation sites (N-methyl/N-ethyl adjacent to an activating group) is 1. The van der Waals surface area contributed by atoms with Crippen molar-refractivity contribution in [3.8, 4) is 0 Å². The Balaban J connectivity index is 1.62. The van der Waals surface area contributed by atoms with Crippen LogP contribution in [-0.2, 0) is 16.0 Å². The van der Waals surface area contributed by atoms with Gasteiger partial charge >= 0.3 is 6.09 Å². The fourth-order valence-electron chi connectivity index (χ4n) is 4.74. The van der Waals surface area contributed by atoms with Gasteiger partial charge in [-0.15, -0.1) is 0 Å². The first-order valence-electron chi connectivity index (χ1n) is 11.5.